The molecule has 1 aliphatic carbocycles. The largest absolute Gasteiger partial charge is 0.469 e. The van der Waals surface area contributed by atoms with E-state index in [4.69, 9.17) is 9.73 Å². The molecule has 1 saturated carbocycles. The second-order valence-corrected chi connectivity index (χ2v) is 7.90. The van der Waals surface area contributed by atoms with Crippen LogP contribution in [-0.4, -0.2) is 42.8 Å². The Hall–Kier alpha value is -1.94. The van der Waals surface area contributed by atoms with Crippen molar-refractivity contribution in [2.45, 2.75) is 37.6 Å². The summed E-state index contributed by atoms with van der Waals surface area (Å²) >= 11 is 0. The first-order valence-electron chi connectivity index (χ1n) is 9.34. The van der Waals surface area contributed by atoms with E-state index >= 15 is 0 Å². The van der Waals surface area contributed by atoms with Gasteiger partial charge in [0, 0.05) is 30.3 Å². The molecular formula is C21H24N2O2. The van der Waals surface area contributed by atoms with E-state index in [1.54, 1.807) is 0 Å². The maximum absolute atomic E-state index is 12.7. The summed E-state index contributed by atoms with van der Waals surface area (Å²) in [5, 5.41) is 0. The molecule has 1 spiro atoms. The smallest absolute Gasteiger partial charge is 0.314 e. The van der Waals surface area contributed by atoms with Gasteiger partial charge in [-0.25, -0.2) is 0 Å². The van der Waals surface area contributed by atoms with Crippen molar-refractivity contribution < 1.29 is 9.53 Å². The predicted molar refractivity (Wildman–Crippen MR) is 97.2 cm³/mol. The van der Waals surface area contributed by atoms with Gasteiger partial charge in [-0.15, -0.1) is 0 Å². The second kappa shape index (κ2) is 5.04. The molecule has 3 heterocycles. The third-order valence-electron chi connectivity index (χ3n) is 7.10. The van der Waals surface area contributed by atoms with E-state index in [1.807, 2.05) is 6.07 Å². The number of ether oxygens (including phenoxy) is 1. The molecule has 4 nitrogen and oxygen atoms in total. The molecule has 0 amide bonds. The quantitative estimate of drug-likeness (QED) is 0.615. The highest BCUT2D eigenvalue weighted by Gasteiger charge is 2.67. The van der Waals surface area contributed by atoms with E-state index in [0.29, 0.717) is 6.04 Å². The Morgan fingerprint density at radius 1 is 1.40 bits per heavy atom. The van der Waals surface area contributed by atoms with Gasteiger partial charge < -0.3 is 4.74 Å². The van der Waals surface area contributed by atoms with Gasteiger partial charge in [-0.3, -0.25) is 14.7 Å². The van der Waals surface area contributed by atoms with Crippen LogP contribution in [0.2, 0.25) is 0 Å². The SMILES string of the molecule is CCC12C=CCN3CCC4(C(=Nc5ccccc54)C(C(=O)OC)C1)C32. The van der Waals surface area contributed by atoms with Crippen molar-refractivity contribution in [3.8, 4) is 0 Å². The molecule has 130 valence electrons. The van der Waals surface area contributed by atoms with Crippen molar-refractivity contribution in [1.82, 2.24) is 4.90 Å². The molecule has 3 aliphatic heterocycles. The van der Waals surface area contributed by atoms with Crippen molar-refractivity contribution in [1.29, 1.82) is 0 Å². The van der Waals surface area contributed by atoms with Crippen LogP contribution in [0.1, 0.15) is 31.7 Å². The molecule has 1 aromatic carbocycles. The van der Waals surface area contributed by atoms with Gasteiger partial charge in [0.2, 0.25) is 0 Å². The maximum Gasteiger partial charge on any atom is 0.314 e. The fourth-order valence-electron chi connectivity index (χ4n) is 6.17. The fourth-order valence-corrected chi connectivity index (χ4v) is 6.17. The van der Waals surface area contributed by atoms with E-state index < -0.39 is 0 Å². The Kier molecular flexibility index (Phi) is 3.09. The third kappa shape index (κ3) is 1.71. The Morgan fingerprint density at radius 3 is 3.04 bits per heavy atom. The topological polar surface area (TPSA) is 41.9 Å². The highest BCUT2D eigenvalue weighted by Crippen LogP contribution is 2.62. The van der Waals surface area contributed by atoms with Crippen LogP contribution in [0.25, 0.3) is 0 Å². The summed E-state index contributed by atoms with van der Waals surface area (Å²) in [4.78, 5) is 20.4. The van der Waals surface area contributed by atoms with Crippen molar-refractivity contribution in [2.75, 3.05) is 20.2 Å². The molecule has 0 aromatic heterocycles. The lowest BCUT2D eigenvalue weighted by Gasteiger charge is -2.55. The van der Waals surface area contributed by atoms with Gasteiger partial charge in [0.1, 0.15) is 0 Å². The first-order chi connectivity index (χ1) is 12.2. The van der Waals surface area contributed by atoms with Gasteiger partial charge in [-0.05, 0) is 30.9 Å². The molecule has 4 heteroatoms. The first-order valence-corrected chi connectivity index (χ1v) is 9.34. The molecule has 5 rings (SSSR count). The van der Waals surface area contributed by atoms with Gasteiger partial charge in [0.25, 0.3) is 0 Å². The average Bonchev–Trinajstić information content (AvgIpc) is 3.21. The predicted octanol–water partition coefficient (Wildman–Crippen LogP) is 3.24. The number of para-hydroxylation sites is 1. The number of hydrogen-bond donors (Lipinski definition) is 0. The Balaban J connectivity index is 1.79. The molecule has 2 fully saturated rings. The van der Waals surface area contributed by atoms with Gasteiger partial charge >= 0.3 is 5.97 Å². The number of carbonyl (C=O) groups is 1. The lowest BCUT2D eigenvalue weighted by atomic mass is 9.51. The lowest BCUT2D eigenvalue weighted by Crippen LogP contribution is -2.63. The lowest BCUT2D eigenvalue weighted by molar-refractivity contribution is -0.145. The molecule has 0 radical (unpaired) electrons. The minimum Gasteiger partial charge on any atom is -0.469 e. The summed E-state index contributed by atoms with van der Waals surface area (Å²) in [7, 11) is 1.50. The van der Waals surface area contributed by atoms with E-state index in [-0.39, 0.29) is 22.7 Å². The Labute approximate surface area is 148 Å². The van der Waals surface area contributed by atoms with E-state index in [1.165, 1.54) is 12.7 Å². The standard InChI is InChI=1S/C21H24N2O2/c1-3-20-9-6-11-23-12-10-21(19(20)23)15-7-4-5-8-16(15)22-17(21)14(13-20)18(24)25-2/h4-9,14,19H,3,10-13H2,1-2H3. The fraction of sp³-hybridized carbons (Fsp3) is 0.524. The number of fused-ring (bicyclic) bond motifs is 1. The maximum atomic E-state index is 12.7. The van der Waals surface area contributed by atoms with Crippen LogP contribution in [0.4, 0.5) is 5.69 Å². The van der Waals surface area contributed by atoms with Crippen molar-refractivity contribution in [3.63, 3.8) is 0 Å². The molecule has 0 N–H and O–H groups in total. The summed E-state index contributed by atoms with van der Waals surface area (Å²) < 4.78 is 5.21. The Morgan fingerprint density at radius 2 is 2.24 bits per heavy atom. The average molecular weight is 336 g/mol. The molecule has 1 aromatic rings. The highest BCUT2D eigenvalue weighted by atomic mass is 16.5. The van der Waals surface area contributed by atoms with Crippen LogP contribution in [0.5, 0.6) is 0 Å². The highest BCUT2D eigenvalue weighted by molar-refractivity contribution is 6.13. The number of benzene rings is 1. The zero-order chi connectivity index (χ0) is 17.2. The van der Waals surface area contributed by atoms with Gasteiger partial charge in [-0.2, -0.15) is 0 Å². The molecule has 4 atom stereocenters. The number of methoxy groups -OCH3 is 1. The van der Waals surface area contributed by atoms with Crippen LogP contribution < -0.4 is 0 Å². The molecule has 4 aliphatic rings. The number of aliphatic imine (C=N–C) groups is 1. The molecule has 4 unspecified atom stereocenters. The minimum atomic E-state index is -0.240. The Bertz CT molecular complexity index is 814. The number of nitrogens with zero attached hydrogens (tertiary/aromatic N) is 2. The molecule has 0 bridgehead atoms. The van der Waals surface area contributed by atoms with Gasteiger partial charge in [-0.1, -0.05) is 37.3 Å². The van der Waals surface area contributed by atoms with Gasteiger partial charge in [0.05, 0.1) is 24.1 Å². The zero-order valence-corrected chi connectivity index (χ0v) is 14.9. The van der Waals surface area contributed by atoms with Crippen molar-refractivity contribution in [2.24, 2.45) is 16.3 Å². The van der Waals surface area contributed by atoms with Crippen LogP contribution in [0, 0.1) is 11.3 Å². The van der Waals surface area contributed by atoms with Crippen LogP contribution >= 0.6 is 0 Å². The van der Waals surface area contributed by atoms with Crippen molar-refractivity contribution >= 4 is 17.4 Å². The normalized spacial score (nSPS) is 37.9. The molecule has 25 heavy (non-hydrogen) atoms. The number of rotatable bonds is 2. The minimum absolute atomic E-state index is 0.0179. The van der Waals surface area contributed by atoms with Gasteiger partial charge in [0.15, 0.2) is 0 Å². The number of carbonyl (C=O) groups excluding carboxylic acids is 1. The zero-order valence-electron chi connectivity index (χ0n) is 14.9. The van der Waals surface area contributed by atoms with Crippen LogP contribution in [0.15, 0.2) is 41.4 Å². The van der Waals surface area contributed by atoms with E-state index in [2.05, 4.69) is 42.2 Å². The summed E-state index contributed by atoms with van der Waals surface area (Å²) in [5.74, 6) is -0.370. The summed E-state index contributed by atoms with van der Waals surface area (Å²) in [6.45, 7) is 4.34. The number of hydrogen-bond acceptors (Lipinski definition) is 4. The number of esters is 1. The van der Waals surface area contributed by atoms with Crippen molar-refractivity contribution in [3.05, 3.63) is 42.0 Å². The van der Waals surface area contributed by atoms with Crippen LogP contribution in [-0.2, 0) is 14.9 Å². The van der Waals surface area contributed by atoms with Crippen LogP contribution in [0.3, 0.4) is 0 Å². The second-order valence-electron chi connectivity index (χ2n) is 7.90. The third-order valence-corrected chi connectivity index (χ3v) is 7.10. The monoisotopic (exact) mass is 336 g/mol. The van der Waals surface area contributed by atoms with E-state index in [9.17, 15) is 4.79 Å². The molecular weight excluding hydrogens is 312 g/mol. The summed E-state index contributed by atoms with van der Waals surface area (Å²) in [6, 6.07) is 8.89. The van der Waals surface area contributed by atoms with E-state index in [0.717, 1.165) is 43.8 Å². The summed E-state index contributed by atoms with van der Waals surface area (Å²) in [6.07, 6.45) is 7.59. The first kappa shape index (κ1) is 15.3. The summed E-state index contributed by atoms with van der Waals surface area (Å²) in [5.41, 5.74) is 3.32. The molecule has 1 saturated heterocycles.